The summed E-state index contributed by atoms with van der Waals surface area (Å²) in [7, 11) is -4.67. The lowest BCUT2D eigenvalue weighted by atomic mass is 9.90. The highest BCUT2D eigenvalue weighted by Crippen LogP contribution is 2.53. The second-order valence-electron chi connectivity index (χ2n) is 24.1. The highest BCUT2D eigenvalue weighted by Gasteiger charge is 2.34. The molecule has 15 nitrogen and oxygen atoms in total. The quantitative estimate of drug-likeness (QED) is 0.00548. The molecule has 4 rings (SSSR count). The molecule has 24 heteroatoms. The Labute approximate surface area is 627 Å². The van der Waals surface area contributed by atoms with Gasteiger partial charge < -0.3 is 33.9 Å². The van der Waals surface area contributed by atoms with Gasteiger partial charge in [-0.05, 0) is 128 Å². The Kier molecular flexibility index (Phi) is 44.2. The zero-order chi connectivity index (χ0) is 68.0. The first-order chi connectivity index (χ1) is 44.7. The molecule has 3 N–H and O–H groups in total. The molecule has 0 spiro atoms. The molecule has 2 aliphatic rings. The molecule has 1 aliphatic carbocycles. The van der Waals surface area contributed by atoms with Crippen molar-refractivity contribution >= 4 is 179 Å². The Hall–Kier alpha value is -1.000. The van der Waals surface area contributed by atoms with E-state index in [9.17, 15) is 38.5 Å². The van der Waals surface area contributed by atoms with Crippen LogP contribution in [0.15, 0.2) is 21.3 Å². The van der Waals surface area contributed by atoms with E-state index in [1.807, 2.05) is 90.4 Å². The Morgan fingerprint density at radius 3 is 1.52 bits per heavy atom. The molecule has 1 heterocycles. The number of phenols is 1. The molecule has 1 amide bonds. The van der Waals surface area contributed by atoms with Crippen molar-refractivity contribution in [3.8, 4) is 28.2 Å². The fourth-order valence-corrected chi connectivity index (χ4v) is 16.4. The summed E-state index contributed by atoms with van der Waals surface area (Å²) in [5.41, 5.74) is 0.726. The Bertz CT molecular complexity index is 3010. The maximum absolute atomic E-state index is 14.1. The summed E-state index contributed by atoms with van der Waals surface area (Å²) >= 11 is 34.8. The van der Waals surface area contributed by atoms with Crippen LogP contribution in [0.5, 0.6) is 5.75 Å². The number of phenolic OH excluding ortho intramolecular Hbond substituents is 1. The molecule has 0 saturated carbocycles. The Morgan fingerprint density at radius 2 is 1.00 bits per heavy atom. The van der Waals surface area contributed by atoms with Crippen molar-refractivity contribution in [1.29, 1.82) is 0 Å². The minimum Gasteiger partial charge on any atom is -0.506 e. The van der Waals surface area contributed by atoms with Gasteiger partial charge in [0.05, 0.1) is 56.2 Å². The maximum Gasteiger partial charge on any atom is 0.472 e. The van der Waals surface area contributed by atoms with E-state index >= 15 is 0 Å². The molecule has 0 aromatic heterocycles. The molecule has 524 valence electrons. The van der Waals surface area contributed by atoms with Crippen molar-refractivity contribution in [1.82, 2.24) is 5.32 Å². The van der Waals surface area contributed by atoms with Crippen LogP contribution in [-0.4, -0.2) is 72.9 Å². The minimum atomic E-state index is -4.67. The van der Waals surface area contributed by atoms with Crippen molar-refractivity contribution in [2.24, 2.45) is 0 Å². The fraction of sp³-hybridized carbons (Fsp3) is 0.667. The van der Waals surface area contributed by atoms with Crippen LogP contribution >= 0.6 is 145 Å². The lowest BCUT2D eigenvalue weighted by Gasteiger charge is -2.22. The first-order valence-electron chi connectivity index (χ1n) is 34.0. The van der Waals surface area contributed by atoms with Crippen LogP contribution in [0.25, 0.3) is 33.4 Å². The van der Waals surface area contributed by atoms with Crippen molar-refractivity contribution in [2.75, 3.05) is 33.0 Å². The van der Waals surface area contributed by atoms with Crippen LogP contribution in [-0.2, 0) is 42.2 Å². The summed E-state index contributed by atoms with van der Waals surface area (Å²) < 4.78 is 48.1. The van der Waals surface area contributed by atoms with E-state index < -0.39 is 38.4 Å². The van der Waals surface area contributed by atoms with Crippen LogP contribution in [0.3, 0.4) is 0 Å². The third-order valence-electron chi connectivity index (χ3n) is 16.3. The SMILES string of the molecule is CCCCCCCCCCCCCCCCCC(=O)OCC(COP(=O)(O)OCCNC(=O)CCCCCCCOC(=O)c1c(Cl)c(Cl)c(Cl)c(Cl)c1-c1c2cc(I)c(=O)c(I)c-2oc2c(I)c(O)c(I)cc12)OC(=O)CCCCCCCCCCCCCCCCC. The molecule has 0 bridgehead atoms. The van der Waals surface area contributed by atoms with Gasteiger partial charge in [-0.15, -0.1) is 0 Å². The summed E-state index contributed by atoms with van der Waals surface area (Å²) in [6.07, 6.45) is 38.7. The molecule has 0 fully saturated rings. The molecule has 1 aliphatic heterocycles. The third kappa shape index (κ3) is 31.6. The Morgan fingerprint density at radius 1 is 0.538 bits per heavy atom. The van der Waals surface area contributed by atoms with Gasteiger partial charge in [0.25, 0.3) is 0 Å². The van der Waals surface area contributed by atoms with Gasteiger partial charge in [-0.25, -0.2) is 9.36 Å². The van der Waals surface area contributed by atoms with Gasteiger partial charge in [-0.2, -0.15) is 0 Å². The number of phosphoric ester groups is 1. The molecule has 93 heavy (non-hydrogen) atoms. The van der Waals surface area contributed by atoms with Gasteiger partial charge >= 0.3 is 25.7 Å². The van der Waals surface area contributed by atoms with E-state index in [2.05, 4.69) is 19.2 Å². The summed E-state index contributed by atoms with van der Waals surface area (Å²) in [5, 5.41) is 13.5. The highest BCUT2D eigenvalue weighted by atomic mass is 127. The number of rotatable bonds is 52. The highest BCUT2D eigenvalue weighted by molar-refractivity contribution is 14.1. The fourth-order valence-electron chi connectivity index (χ4n) is 11.0. The average molecular weight is 1850 g/mol. The zero-order valence-corrected chi connectivity index (χ0v) is 67.0. The number of hydrogen-bond donors (Lipinski definition) is 3. The number of benzene rings is 3. The van der Waals surface area contributed by atoms with E-state index in [1.54, 1.807) is 12.1 Å². The number of unbranched alkanes of at least 4 members (excludes halogenated alkanes) is 32. The molecule has 2 aromatic rings. The van der Waals surface area contributed by atoms with E-state index in [0.717, 1.165) is 38.5 Å². The molecular formula is C69H98Cl4I4NO14P. The van der Waals surface area contributed by atoms with Gasteiger partial charge in [-0.3, -0.25) is 28.2 Å². The number of hydrogen-bond acceptors (Lipinski definition) is 13. The first kappa shape index (κ1) is 84.4. The topological polar surface area (TPSA) is 214 Å². The van der Waals surface area contributed by atoms with Crippen LogP contribution in [0.2, 0.25) is 20.1 Å². The lowest BCUT2D eigenvalue weighted by molar-refractivity contribution is -0.161. The number of amides is 1. The number of phosphoric acid groups is 1. The summed E-state index contributed by atoms with van der Waals surface area (Å²) in [5.74, 6) is -1.88. The largest absolute Gasteiger partial charge is 0.506 e. The lowest BCUT2D eigenvalue weighted by Crippen LogP contribution is -2.30. The number of ether oxygens (including phenoxy) is 3. The van der Waals surface area contributed by atoms with Crippen molar-refractivity contribution in [3.05, 3.63) is 62.3 Å². The van der Waals surface area contributed by atoms with Crippen LogP contribution in [0.1, 0.15) is 268 Å². The summed E-state index contributed by atoms with van der Waals surface area (Å²) in [6.45, 7) is 3.22. The summed E-state index contributed by atoms with van der Waals surface area (Å²) in [6, 6.07) is 3.30. The number of halogens is 8. The number of fused-ring (bicyclic) bond motifs is 2. The molecule has 0 saturated heterocycles. The van der Waals surface area contributed by atoms with Gasteiger partial charge in [-0.1, -0.05) is 259 Å². The zero-order valence-electron chi connectivity index (χ0n) is 54.4. The van der Waals surface area contributed by atoms with Crippen LogP contribution in [0.4, 0.5) is 0 Å². The number of aromatic hydroxyl groups is 1. The standard InChI is InChI=1S/C69H98Cl4I4NO14P/c1-3-5-7-9-11-13-15-17-19-21-23-25-27-31-35-39-54(80)88-46-48(91-55(81)40-36-32-28-26-24-22-20-18-16-14-12-10-8-6-4-2)47-90-93(85,86)89-43-41-78-53(79)38-34-30-29-33-37-42-87-69(84)58-57(59(70)61(72)62(73)60(58)71)56-49-44-51(74)65(82)63(76)67(49)92-68-50(56)45-52(75)66(83)64(68)77/h44-45,48,82H,3-43,46-47H2,1-2H3,(H,78,79)(H,85,86). The van der Waals surface area contributed by atoms with Crippen LogP contribution < -0.4 is 10.7 Å². The van der Waals surface area contributed by atoms with Gasteiger partial charge in [0.1, 0.15) is 15.9 Å². The van der Waals surface area contributed by atoms with Gasteiger partial charge in [0.2, 0.25) is 11.3 Å². The molecular weight excluding hydrogens is 1750 g/mol. The molecule has 2 unspecified atom stereocenters. The van der Waals surface area contributed by atoms with Crippen molar-refractivity contribution in [3.63, 3.8) is 0 Å². The number of carbonyl (C=O) groups excluding carboxylic acids is 4. The normalized spacial score (nSPS) is 12.6. The van der Waals surface area contributed by atoms with Gasteiger partial charge in [0.15, 0.2) is 17.4 Å². The molecule has 2 aromatic carbocycles. The smallest absolute Gasteiger partial charge is 0.472 e. The summed E-state index contributed by atoms with van der Waals surface area (Å²) in [4.78, 5) is 76.3. The first-order valence-corrected chi connectivity index (χ1v) is 41.3. The second kappa shape index (κ2) is 48.7. The number of esters is 3. The minimum absolute atomic E-state index is 0.00840. The molecule has 2 atom stereocenters. The van der Waals surface area contributed by atoms with Crippen molar-refractivity contribution in [2.45, 2.75) is 264 Å². The van der Waals surface area contributed by atoms with E-state index in [1.165, 1.54) is 141 Å². The van der Waals surface area contributed by atoms with E-state index in [4.69, 9.17) is 74.1 Å². The Balaban J connectivity index is 1.17. The number of nitrogens with one attached hydrogen (secondary N) is 1. The third-order valence-corrected chi connectivity index (χ3v) is 22.7. The average Bonchev–Trinajstić information content (AvgIpc) is 0.723. The van der Waals surface area contributed by atoms with Gasteiger partial charge in [0, 0.05) is 47.9 Å². The number of carbonyl (C=O) groups is 4. The predicted molar refractivity (Wildman–Crippen MR) is 410 cm³/mol. The second-order valence-corrected chi connectivity index (χ2v) is 31.5. The maximum atomic E-state index is 14.1. The predicted octanol–water partition coefficient (Wildman–Crippen LogP) is 23.0. The monoisotopic (exact) mass is 1840 g/mol. The van der Waals surface area contributed by atoms with Crippen molar-refractivity contribution < 1.29 is 61.4 Å². The molecule has 0 radical (unpaired) electrons. The van der Waals surface area contributed by atoms with E-state index in [0.29, 0.717) is 72.2 Å². The van der Waals surface area contributed by atoms with Crippen LogP contribution in [0, 0.1) is 14.3 Å². The van der Waals surface area contributed by atoms with E-state index in [-0.39, 0.29) is 109 Å².